The van der Waals surface area contributed by atoms with Crippen molar-refractivity contribution in [3.05, 3.63) is 84.6 Å². The lowest BCUT2D eigenvalue weighted by molar-refractivity contribution is -0.128. The maximum Gasteiger partial charge on any atom is 0.256 e. The Labute approximate surface area is 241 Å². The first kappa shape index (κ1) is 28.2. The minimum absolute atomic E-state index is 0.0776. The molecule has 39 heavy (non-hydrogen) atoms. The Hall–Kier alpha value is -3.84. The van der Waals surface area contributed by atoms with Crippen LogP contribution >= 0.6 is 22.9 Å². The number of imidazole rings is 1. The summed E-state index contributed by atoms with van der Waals surface area (Å²) in [4.78, 5) is 41.0. The van der Waals surface area contributed by atoms with Gasteiger partial charge in [0.2, 0.25) is 5.91 Å². The van der Waals surface area contributed by atoms with Crippen molar-refractivity contribution in [1.82, 2.24) is 27.4 Å². The number of halogens is 1. The summed E-state index contributed by atoms with van der Waals surface area (Å²) >= 11 is 2.18. The average Bonchev–Trinajstić information content (AvgIpc) is 3.33. The number of amides is 2. The van der Waals surface area contributed by atoms with Crippen LogP contribution in [0.15, 0.2) is 73.2 Å². The number of hydrogen-bond donors (Lipinski definition) is 2. The van der Waals surface area contributed by atoms with Crippen LogP contribution in [-0.2, 0) is 4.79 Å². The van der Waals surface area contributed by atoms with E-state index < -0.39 is 0 Å². The van der Waals surface area contributed by atoms with Crippen molar-refractivity contribution in [2.45, 2.75) is 26.3 Å². The van der Waals surface area contributed by atoms with Gasteiger partial charge in [-0.15, -0.1) is 0 Å². The number of nitrogens with one attached hydrogen (secondary N) is 1. The first-order chi connectivity index (χ1) is 18.8. The molecule has 0 bridgehead atoms. The highest BCUT2D eigenvalue weighted by Crippen LogP contribution is 2.32. The molecule has 0 spiro atoms. The molecule has 1 atom stereocenters. The van der Waals surface area contributed by atoms with Crippen LogP contribution in [0.2, 0.25) is 0 Å². The normalized spacial score (nSPS) is 12.2. The van der Waals surface area contributed by atoms with E-state index in [-0.39, 0.29) is 17.9 Å². The molecular weight excluding hydrogens is 607 g/mol. The molecule has 0 saturated heterocycles. The molecule has 2 amide bonds. The molecule has 0 unspecified atom stereocenters. The number of nitrogens with zero attached hydrogens (tertiary/aromatic N) is 6. The Morgan fingerprint density at radius 3 is 2.59 bits per heavy atom. The lowest BCUT2D eigenvalue weighted by Crippen LogP contribution is -2.34. The van der Waals surface area contributed by atoms with Gasteiger partial charge in [0.25, 0.3) is 5.91 Å². The van der Waals surface area contributed by atoms with Crippen molar-refractivity contribution >= 4 is 51.8 Å². The molecule has 0 aliphatic rings. The monoisotopic (exact) mass is 638 g/mol. The number of hydrogen-bond acceptors (Lipinski definition) is 7. The molecule has 0 radical (unpaired) electrons. The summed E-state index contributed by atoms with van der Waals surface area (Å²) in [5.41, 5.74) is 8.86. The van der Waals surface area contributed by atoms with Crippen molar-refractivity contribution in [2.75, 3.05) is 31.2 Å². The first-order valence-electron chi connectivity index (χ1n) is 12.6. The number of anilines is 2. The van der Waals surface area contributed by atoms with Gasteiger partial charge in [0.1, 0.15) is 28.7 Å². The van der Waals surface area contributed by atoms with Gasteiger partial charge in [-0.1, -0.05) is 31.2 Å². The van der Waals surface area contributed by atoms with Crippen LogP contribution in [0.3, 0.4) is 0 Å². The summed E-state index contributed by atoms with van der Waals surface area (Å²) in [6, 6.07) is 12.1. The van der Waals surface area contributed by atoms with Crippen LogP contribution in [0.5, 0.6) is 0 Å². The molecule has 0 aliphatic heterocycles. The van der Waals surface area contributed by atoms with E-state index in [9.17, 15) is 9.59 Å². The number of benzene rings is 1. The largest absolute Gasteiger partial charge is 0.382 e. The van der Waals surface area contributed by atoms with Gasteiger partial charge in [-0.3, -0.25) is 14.0 Å². The fourth-order valence-corrected chi connectivity index (χ4v) is 4.48. The average molecular weight is 639 g/mol. The third-order valence-electron chi connectivity index (χ3n) is 6.14. The second-order valence-electron chi connectivity index (χ2n) is 8.99. The summed E-state index contributed by atoms with van der Waals surface area (Å²) < 4.78 is 3.86. The van der Waals surface area contributed by atoms with E-state index in [2.05, 4.69) is 38.1 Å². The molecule has 4 rings (SSSR count). The maximum atomic E-state index is 13.1. The van der Waals surface area contributed by atoms with Gasteiger partial charge in [0.05, 0.1) is 6.04 Å². The zero-order valence-electron chi connectivity index (χ0n) is 22.1. The maximum absolute atomic E-state index is 13.1. The van der Waals surface area contributed by atoms with E-state index in [1.807, 2.05) is 57.6 Å². The third kappa shape index (κ3) is 6.60. The summed E-state index contributed by atoms with van der Waals surface area (Å²) in [6.45, 7) is 5.24. The zero-order chi connectivity index (χ0) is 27.9. The van der Waals surface area contributed by atoms with E-state index >= 15 is 0 Å². The van der Waals surface area contributed by atoms with Crippen LogP contribution in [-0.4, -0.2) is 59.3 Å². The lowest BCUT2D eigenvalue weighted by Gasteiger charge is -2.27. The van der Waals surface area contributed by atoms with Gasteiger partial charge in [-0.05, 0) is 44.7 Å². The van der Waals surface area contributed by atoms with Crippen molar-refractivity contribution < 1.29 is 9.59 Å². The van der Waals surface area contributed by atoms with Gasteiger partial charge in [0.15, 0.2) is 0 Å². The highest BCUT2D eigenvalue weighted by molar-refractivity contribution is 14.1. The number of nitrogen functional groups attached to an aromatic ring is 1. The Bertz CT molecular complexity index is 1470. The topological polar surface area (TPSA) is 122 Å². The Balaban J connectivity index is 1.67. The predicted octanol–water partition coefficient (Wildman–Crippen LogP) is 4.76. The standard InChI is InChI=1S/C28H31IN8O2/c1-4-16-36(23(38)9-7-17-35(3)29)19(2)27-34-24(25-26(30)32-15-18-37(25)27)20-10-12-21(13-11-20)28(39)33-22-8-5-6-14-31-22/h5-15,18-19H,4,16-17H2,1-3H3,(H2,30,32)(H,31,33,39)/b9-7+/t19-/m0/s1. The molecule has 0 aliphatic carbocycles. The van der Waals surface area contributed by atoms with E-state index in [4.69, 9.17) is 10.7 Å². The van der Waals surface area contributed by atoms with Crippen LogP contribution in [0.1, 0.15) is 42.5 Å². The Morgan fingerprint density at radius 2 is 1.92 bits per heavy atom. The number of nitrogens with two attached hydrogens (primary N) is 1. The molecule has 10 nitrogen and oxygen atoms in total. The first-order valence-corrected chi connectivity index (χ1v) is 13.6. The van der Waals surface area contributed by atoms with Crippen molar-refractivity contribution in [3.8, 4) is 11.3 Å². The molecule has 0 saturated carbocycles. The van der Waals surface area contributed by atoms with Gasteiger partial charge in [0, 0.05) is 71.7 Å². The SMILES string of the molecule is CCCN(C(=O)/C=C/CN(C)I)[C@@H](C)c1nc(-c2ccc(C(=O)Nc3ccccn3)cc2)c2c(N)nccn12. The van der Waals surface area contributed by atoms with E-state index in [0.717, 1.165) is 12.0 Å². The van der Waals surface area contributed by atoms with Crippen molar-refractivity contribution in [2.24, 2.45) is 0 Å². The fourth-order valence-electron chi connectivity index (χ4n) is 4.26. The number of fused-ring (bicyclic) bond motifs is 1. The second-order valence-corrected chi connectivity index (χ2v) is 10.6. The van der Waals surface area contributed by atoms with Crippen molar-refractivity contribution in [1.29, 1.82) is 0 Å². The number of aromatic nitrogens is 4. The van der Waals surface area contributed by atoms with Crippen LogP contribution in [0.4, 0.5) is 11.6 Å². The molecule has 3 aromatic heterocycles. The number of rotatable bonds is 10. The van der Waals surface area contributed by atoms with E-state index in [1.165, 1.54) is 0 Å². The van der Waals surface area contributed by atoms with Crippen LogP contribution < -0.4 is 11.1 Å². The van der Waals surface area contributed by atoms with Gasteiger partial charge in [-0.25, -0.2) is 18.1 Å². The van der Waals surface area contributed by atoms with Gasteiger partial charge < -0.3 is 16.0 Å². The molecule has 3 heterocycles. The second kappa shape index (κ2) is 12.8. The summed E-state index contributed by atoms with van der Waals surface area (Å²) in [5.74, 6) is 1.14. The number of likely N-dealkylation sites (N-methyl/N-ethyl adjacent to an activating group) is 1. The van der Waals surface area contributed by atoms with E-state index in [1.54, 1.807) is 48.9 Å². The smallest absolute Gasteiger partial charge is 0.256 e. The highest BCUT2D eigenvalue weighted by atomic mass is 127. The molecular formula is C28H31IN8O2. The van der Waals surface area contributed by atoms with E-state index in [0.29, 0.717) is 47.3 Å². The van der Waals surface area contributed by atoms with Crippen LogP contribution in [0.25, 0.3) is 16.8 Å². The highest BCUT2D eigenvalue weighted by Gasteiger charge is 2.26. The summed E-state index contributed by atoms with van der Waals surface area (Å²) in [7, 11) is 1.94. The summed E-state index contributed by atoms with van der Waals surface area (Å²) in [6.07, 6.45) is 9.32. The Morgan fingerprint density at radius 1 is 1.15 bits per heavy atom. The van der Waals surface area contributed by atoms with Gasteiger partial charge in [-0.2, -0.15) is 0 Å². The van der Waals surface area contributed by atoms with Crippen molar-refractivity contribution in [3.63, 3.8) is 0 Å². The third-order valence-corrected chi connectivity index (χ3v) is 6.54. The minimum Gasteiger partial charge on any atom is -0.382 e. The Kier molecular flexibility index (Phi) is 9.25. The lowest BCUT2D eigenvalue weighted by atomic mass is 10.1. The summed E-state index contributed by atoms with van der Waals surface area (Å²) in [5, 5.41) is 2.78. The molecule has 1 aromatic carbocycles. The molecule has 4 aromatic rings. The molecule has 11 heteroatoms. The number of carbonyl (C=O) groups is 2. The molecule has 3 N–H and O–H groups in total. The fraction of sp³-hybridized carbons (Fsp3) is 0.250. The van der Waals surface area contributed by atoms with Crippen LogP contribution in [0, 0.1) is 0 Å². The quantitative estimate of drug-likeness (QED) is 0.146. The molecule has 0 fully saturated rings. The number of carbonyl (C=O) groups excluding carboxylic acids is 2. The van der Waals surface area contributed by atoms with Gasteiger partial charge >= 0.3 is 0 Å². The number of pyridine rings is 1. The molecule has 202 valence electrons. The minimum atomic E-state index is -0.328. The predicted molar refractivity (Wildman–Crippen MR) is 161 cm³/mol. The zero-order valence-corrected chi connectivity index (χ0v) is 24.2.